The molecular weight excluding hydrogens is 307 g/mol. The van der Waals surface area contributed by atoms with Crippen molar-refractivity contribution in [2.45, 2.75) is 19.4 Å². The second-order valence-electron chi connectivity index (χ2n) is 5.69. The number of piperidine rings is 1. The highest BCUT2D eigenvalue weighted by Crippen LogP contribution is 2.24. The molecule has 0 radical (unpaired) electrons. The lowest BCUT2D eigenvalue weighted by Gasteiger charge is -2.33. The predicted octanol–water partition coefficient (Wildman–Crippen LogP) is 3.44. The first-order chi connectivity index (χ1) is 10.2. The van der Waals surface area contributed by atoms with Crippen LogP contribution in [0, 0.1) is 5.92 Å². The Morgan fingerprint density at radius 3 is 2.95 bits per heavy atom. The molecule has 3 nitrogen and oxygen atoms in total. The molecule has 0 spiro atoms. The van der Waals surface area contributed by atoms with Gasteiger partial charge in [0.05, 0.1) is 16.7 Å². The minimum Gasteiger partial charge on any atom is -0.383 e. The van der Waals surface area contributed by atoms with E-state index in [-0.39, 0.29) is 0 Å². The average Bonchev–Trinajstić information content (AvgIpc) is 2.48. The van der Waals surface area contributed by atoms with E-state index < -0.39 is 0 Å². The first-order valence-corrected chi connectivity index (χ1v) is 8.30. The van der Waals surface area contributed by atoms with Crippen molar-refractivity contribution in [3.05, 3.63) is 33.8 Å². The Kier molecular flexibility index (Phi) is 7.27. The molecule has 1 heterocycles. The van der Waals surface area contributed by atoms with Gasteiger partial charge >= 0.3 is 0 Å². The second kappa shape index (κ2) is 8.96. The first-order valence-electron chi connectivity index (χ1n) is 7.55. The van der Waals surface area contributed by atoms with Gasteiger partial charge in [-0.2, -0.15) is 0 Å². The van der Waals surface area contributed by atoms with Gasteiger partial charge in [-0.1, -0.05) is 29.3 Å². The number of halogens is 2. The highest BCUT2D eigenvalue weighted by atomic mass is 35.5. The number of hydrogen-bond acceptors (Lipinski definition) is 3. The number of likely N-dealkylation sites (tertiary alicyclic amines) is 1. The van der Waals surface area contributed by atoms with Crippen LogP contribution in [0.3, 0.4) is 0 Å². The van der Waals surface area contributed by atoms with Crippen molar-refractivity contribution in [1.29, 1.82) is 0 Å². The molecule has 0 saturated carbocycles. The summed E-state index contributed by atoms with van der Waals surface area (Å²) in [4.78, 5) is 2.51. The average molecular weight is 331 g/mol. The third-order valence-corrected chi connectivity index (χ3v) is 4.65. The smallest absolute Gasteiger partial charge is 0.0595 e. The van der Waals surface area contributed by atoms with E-state index in [2.05, 4.69) is 16.3 Å². The van der Waals surface area contributed by atoms with Gasteiger partial charge in [-0.3, -0.25) is 4.90 Å². The molecule has 0 aromatic heterocycles. The summed E-state index contributed by atoms with van der Waals surface area (Å²) in [6.07, 6.45) is 2.57. The van der Waals surface area contributed by atoms with Crippen LogP contribution in [0.1, 0.15) is 18.4 Å². The summed E-state index contributed by atoms with van der Waals surface area (Å²) in [5.41, 5.74) is 1.23. The Morgan fingerprint density at radius 2 is 2.19 bits per heavy atom. The van der Waals surface area contributed by atoms with E-state index in [0.29, 0.717) is 10.0 Å². The minimum absolute atomic E-state index is 0.624. The van der Waals surface area contributed by atoms with Crippen molar-refractivity contribution in [3.63, 3.8) is 0 Å². The lowest BCUT2D eigenvalue weighted by atomic mass is 9.97. The van der Waals surface area contributed by atoms with Crippen LogP contribution < -0.4 is 5.32 Å². The van der Waals surface area contributed by atoms with E-state index in [9.17, 15) is 0 Å². The van der Waals surface area contributed by atoms with E-state index in [1.807, 2.05) is 12.1 Å². The highest BCUT2D eigenvalue weighted by molar-refractivity contribution is 6.42. The monoisotopic (exact) mass is 330 g/mol. The van der Waals surface area contributed by atoms with Gasteiger partial charge in [-0.25, -0.2) is 0 Å². The largest absolute Gasteiger partial charge is 0.383 e. The molecule has 2 rings (SSSR count). The molecule has 0 bridgehead atoms. The van der Waals surface area contributed by atoms with Gasteiger partial charge < -0.3 is 10.1 Å². The van der Waals surface area contributed by atoms with Crippen LogP contribution in [0.2, 0.25) is 10.0 Å². The van der Waals surface area contributed by atoms with Crippen molar-refractivity contribution < 1.29 is 4.74 Å². The summed E-state index contributed by atoms with van der Waals surface area (Å²) in [6, 6.07) is 5.92. The number of ether oxygens (including phenoxy) is 1. The van der Waals surface area contributed by atoms with E-state index in [0.717, 1.165) is 45.2 Å². The molecule has 118 valence electrons. The van der Waals surface area contributed by atoms with Crippen molar-refractivity contribution in [2.24, 2.45) is 5.92 Å². The Hall–Kier alpha value is -0.320. The molecule has 1 atom stereocenters. The topological polar surface area (TPSA) is 24.5 Å². The molecular formula is C16H24Cl2N2O. The predicted molar refractivity (Wildman–Crippen MR) is 89.2 cm³/mol. The normalized spacial score (nSPS) is 19.9. The summed E-state index contributed by atoms with van der Waals surface area (Å²) >= 11 is 12.1. The minimum atomic E-state index is 0.624. The fourth-order valence-electron chi connectivity index (χ4n) is 2.84. The van der Waals surface area contributed by atoms with Gasteiger partial charge in [0.2, 0.25) is 0 Å². The SMILES string of the molecule is COCCNCC1CCCN(Cc2ccc(Cl)c(Cl)c2)C1. The maximum absolute atomic E-state index is 6.09. The molecule has 1 aliphatic rings. The molecule has 1 aromatic carbocycles. The molecule has 1 aliphatic heterocycles. The van der Waals surface area contributed by atoms with Crippen molar-refractivity contribution in [1.82, 2.24) is 10.2 Å². The van der Waals surface area contributed by atoms with Crippen LogP contribution >= 0.6 is 23.2 Å². The van der Waals surface area contributed by atoms with E-state index in [1.165, 1.54) is 18.4 Å². The van der Waals surface area contributed by atoms with Gasteiger partial charge in [0, 0.05) is 26.7 Å². The maximum Gasteiger partial charge on any atom is 0.0595 e. The molecule has 1 fully saturated rings. The fraction of sp³-hybridized carbons (Fsp3) is 0.625. The number of nitrogens with zero attached hydrogens (tertiary/aromatic N) is 1. The lowest BCUT2D eigenvalue weighted by molar-refractivity contribution is 0.159. The summed E-state index contributed by atoms with van der Waals surface area (Å²) in [5, 5.41) is 4.73. The summed E-state index contributed by atoms with van der Waals surface area (Å²) < 4.78 is 5.06. The summed E-state index contributed by atoms with van der Waals surface area (Å²) in [5.74, 6) is 0.721. The van der Waals surface area contributed by atoms with Crippen LogP contribution in [0.25, 0.3) is 0 Å². The number of methoxy groups -OCH3 is 1. The van der Waals surface area contributed by atoms with Gasteiger partial charge in [-0.05, 0) is 49.5 Å². The number of benzene rings is 1. The molecule has 1 unspecified atom stereocenters. The Balaban J connectivity index is 1.79. The quantitative estimate of drug-likeness (QED) is 0.775. The van der Waals surface area contributed by atoms with Crippen LogP contribution in [0.5, 0.6) is 0 Å². The third kappa shape index (κ3) is 5.76. The number of nitrogens with one attached hydrogen (secondary N) is 1. The zero-order chi connectivity index (χ0) is 15.1. The van der Waals surface area contributed by atoms with E-state index in [4.69, 9.17) is 27.9 Å². The third-order valence-electron chi connectivity index (χ3n) is 3.91. The summed E-state index contributed by atoms with van der Waals surface area (Å²) in [7, 11) is 1.74. The van der Waals surface area contributed by atoms with Crippen molar-refractivity contribution in [2.75, 3.05) is 39.9 Å². The highest BCUT2D eigenvalue weighted by Gasteiger charge is 2.19. The van der Waals surface area contributed by atoms with Gasteiger partial charge in [0.15, 0.2) is 0 Å². The standard InChI is InChI=1S/C16H24Cl2N2O/c1-21-8-6-19-10-14-3-2-7-20(12-14)11-13-4-5-15(17)16(18)9-13/h4-5,9,14,19H,2-3,6-8,10-12H2,1H3. The van der Waals surface area contributed by atoms with Gasteiger partial charge in [-0.15, -0.1) is 0 Å². The molecule has 5 heteroatoms. The molecule has 0 amide bonds. The lowest BCUT2D eigenvalue weighted by Crippen LogP contribution is -2.39. The second-order valence-corrected chi connectivity index (χ2v) is 6.50. The van der Waals surface area contributed by atoms with Crippen LogP contribution in [-0.2, 0) is 11.3 Å². The molecule has 0 aliphatic carbocycles. The molecule has 1 saturated heterocycles. The van der Waals surface area contributed by atoms with Crippen LogP contribution in [-0.4, -0.2) is 44.8 Å². The number of hydrogen-bond donors (Lipinski definition) is 1. The Bertz CT molecular complexity index is 442. The van der Waals surface area contributed by atoms with Crippen molar-refractivity contribution >= 4 is 23.2 Å². The van der Waals surface area contributed by atoms with Crippen LogP contribution in [0.15, 0.2) is 18.2 Å². The fourth-order valence-corrected chi connectivity index (χ4v) is 3.16. The molecule has 1 N–H and O–H groups in total. The van der Waals surface area contributed by atoms with E-state index >= 15 is 0 Å². The van der Waals surface area contributed by atoms with Crippen LogP contribution in [0.4, 0.5) is 0 Å². The first kappa shape index (κ1) is 17.0. The molecule has 1 aromatic rings. The maximum atomic E-state index is 6.09. The van der Waals surface area contributed by atoms with E-state index in [1.54, 1.807) is 7.11 Å². The zero-order valence-corrected chi connectivity index (χ0v) is 14.1. The Morgan fingerprint density at radius 1 is 1.33 bits per heavy atom. The van der Waals surface area contributed by atoms with Gasteiger partial charge in [0.1, 0.15) is 0 Å². The van der Waals surface area contributed by atoms with Crippen molar-refractivity contribution in [3.8, 4) is 0 Å². The summed E-state index contributed by atoms with van der Waals surface area (Å²) in [6.45, 7) is 6.03. The van der Waals surface area contributed by atoms with Gasteiger partial charge in [0.25, 0.3) is 0 Å². The number of rotatable bonds is 7. The molecule has 21 heavy (non-hydrogen) atoms. The zero-order valence-electron chi connectivity index (χ0n) is 12.6. The Labute approximate surface area is 137 Å².